The second-order valence-corrected chi connectivity index (χ2v) is 7.06. The number of thiazole rings is 1. The summed E-state index contributed by atoms with van der Waals surface area (Å²) in [7, 11) is 0. The van der Waals surface area contributed by atoms with E-state index in [0.29, 0.717) is 0 Å². The fourth-order valence-corrected chi connectivity index (χ4v) is 4.49. The van der Waals surface area contributed by atoms with Crippen LogP contribution in [-0.4, -0.2) is 24.0 Å². The van der Waals surface area contributed by atoms with Crippen molar-refractivity contribution in [1.82, 2.24) is 10.3 Å². The van der Waals surface area contributed by atoms with Gasteiger partial charge in [0.05, 0.1) is 11.1 Å². The van der Waals surface area contributed by atoms with Crippen LogP contribution in [0.4, 0.5) is 5.13 Å². The second kappa shape index (κ2) is 5.82. The van der Waals surface area contributed by atoms with Gasteiger partial charge in [-0.2, -0.15) is 0 Å². The molecule has 0 aromatic carbocycles. The van der Waals surface area contributed by atoms with E-state index >= 15 is 0 Å². The Hall–Kier alpha value is -0.940. The summed E-state index contributed by atoms with van der Waals surface area (Å²) in [5.41, 5.74) is 1.02. The number of nitrogens with zero attached hydrogens (tertiary/aromatic N) is 1. The van der Waals surface area contributed by atoms with E-state index < -0.39 is 0 Å². The average Bonchev–Trinajstić information content (AvgIpc) is 3.01. The monoisotopic (exact) mass is 293 g/mol. The number of rotatable bonds is 4. The van der Waals surface area contributed by atoms with Gasteiger partial charge in [-0.05, 0) is 51.6 Å². The molecule has 2 heterocycles. The van der Waals surface area contributed by atoms with Crippen LogP contribution in [0, 0.1) is 5.41 Å². The van der Waals surface area contributed by atoms with Crippen LogP contribution in [0.5, 0.6) is 0 Å². The van der Waals surface area contributed by atoms with Gasteiger partial charge in [-0.25, -0.2) is 4.98 Å². The fraction of sp³-hybridized carbons (Fsp3) is 0.733. The summed E-state index contributed by atoms with van der Waals surface area (Å²) in [5, 5.41) is 7.28. The highest BCUT2D eigenvalue weighted by Crippen LogP contribution is 2.37. The molecule has 1 aliphatic heterocycles. The summed E-state index contributed by atoms with van der Waals surface area (Å²) >= 11 is 1.67. The lowest BCUT2D eigenvalue weighted by Gasteiger charge is -2.35. The van der Waals surface area contributed by atoms with E-state index in [0.717, 1.165) is 56.7 Å². The zero-order chi connectivity index (χ0) is 14.0. The fourth-order valence-electron chi connectivity index (χ4n) is 3.45. The molecule has 110 valence electrons. The van der Waals surface area contributed by atoms with Gasteiger partial charge in [-0.3, -0.25) is 4.79 Å². The highest BCUT2D eigenvalue weighted by molar-refractivity contribution is 7.15. The van der Waals surface area contributed by atoms with E-state index in [4.69, 9.17) is 0 Å². The molecule has 20 heavy (non-hydrogen) atoms. The molecule has 0 unspecified atom stereocenters. The van der Waals surface area contributed by atoms with Crippen molar-refractivity contribution in [2.45, 2.75) is 51.9 Å². The molecule has 2 N–H and O–H groups in total. The largest absolute Gasteiger partial charge is 0.317 e. The molecule has 1 aliphatic carbocycles. The Morgan fingerprint density at radius 2 is 2.20 bits per heavy atom. The molecule has 0 spiro atoms. The predicted molar refractivity (Wildman–Crippen MR) is 82.2 cm³/mol. The van der Waals surface area contributed by atoms with E-state index in [1.165, 1.54) is 17.0 Å². The molecule has 1 aromatic heterocycles. The zero-order valence-corrected chi connectivity index (χ0v) is 12.9. The number of carbonyl (C=O) groups excluding carboxylic acids is 1. The minimum atomic E-state index is -0.184. The van der Waals surface area contributed by atoms with Gasteiger partial charge in [0.1, 0.15) is 0 Å². The number of amides is 1. The van der Waals surface area contributed by atoms with Crippen LogP contribution in [0.1, 0.15) is 49.6 Å². The van der Waals surface area contributed by atoms with E-state index in [9.17, 15) is 4.79 Å². The van der Waals surface area contributed by atoms with Gasteiger partial charge in [0, 0.05) is 4.88 Å². The summed E-state index contributed by atoms with van der Waals surface area (Å²) < 4.78 is 0. The Balaban J connectivity index is 1.72. The number of hydrogen-bond donors (Lipinski definition) is 2. The van der Waals surface area contributed by atoms with Crippen molar-refractivity contribution in [2.24, 2.45) is 5.41 Å². The number of anilines is 1. The number of carbonyl (C=O) groups is 1. The number of piperidine rings is 1. The van der Waals surface area contributed by atoms with Crippen molar-refractivity contribution in [3.8, 4) is 0 Å². The summed E-state index contributed by atoms with van der Waals surface area (Å²) in [6.45, 7) is 4.05. The van der Waals surface area contributed by atoms with E-state index in [1.54, 1.807) is 11.3 Å². The molecule has 2 aliphatic rings. The van der Waals surface area contributed by atoms with Gasteiger partial charge >= 0.3 is 0 Å². The van der Waals surface area contributed by atoms with E-state index in [-0.39, 0.29) is 11.3 Å². The molecule has 0 saturated carbocycles. The first-order chi connectivity index (χ1) is 9.73. The molecule has 0 radical (unpaired) electrons. The first-order valence-electron chi connectivity index (χ1n) is 7.74. The van der Waals surface area contributed by atoms with E-state index in [2.05, 4.69) is 22.5 Å². The lowest BCUT2D eigenvalue weighted by molar-refractivity contribution is -0.127. The van der Waals surface area contributed by atoms with Crippen molar-refractivity contribution in [2.75, 3.05) is 18.4 Å². The standard InChI is InChI=1S/C15H23N3OS/c1-2-6-15(7-9-16-10-8-15)13(19)18-14-17-11-4-3-5-12(11)20-14/h16H,2-10H2,1H3,(H,17,18,19). The number of nitrogens with one attached hydrogen (secondary N) is 2. The summed E-state index contributed by atoms with van der Waals surface area (Å²) in [6.07, 6.45) is 7.34. The molecular weight excluding hydrogens is 270 g/mol. The first-order valence-corrected chi connectivity index (χ1v) is 8.56. The summed E-state index contributed by atoms with van der Waals surface area (Å²) in [6, 6.07) is 0. The second-order valence-electron chi connectivity index (χ2n) is 5.98. The van der Waals surface area contributed by atoms with Crippen molar-refractivity contribution in [3.05, 3.63) is 10.6 Å². The molecule has 1 fully saturated rings. The number of aromatic nitrogens is 1. The Morgan fingerprint density at radius 1 is 1.40 bits per heavy atom. The van der Waals surface area contributed by atoms with Gasteiger partial charge in [-0.1, -0.05) is 13.3 Å². The quantitative estimate of drug-likeness (QED) is 0.897. The third-order valence-corrected chi connectivity index (χ3v) is 5.66. The van der Waals surface area contributed by atoms with Gasteiger partial charge in [0.2, 0.25) is 5.91 Å². The zero-order valence-electron chi connectivity index (χ0n) is 12.1. The minimum absolute atomic E-state index is 0.184. The van der Waals surface area contributed by atoms with Crippen LogP contribution in [-0.2, 0) is 17.6 Å². The van der Waals surface area contributed by atoms with Crippen LogP contribution in [0.2, 0.25) is 0 Å². The molecule has 0 bridgehead atoms. The van der Waals surface area contributed by atoms with E-state index in [1.807, 2.05) is 0 Å². The lowest BCUT2D eigenvalue weighted by Crippen LogP contribution is -2.44. The molecule has 0 atom stereocenters. The third kappa shape index (κ3) is 2.61. The van der Waals surface area contributed by atoms with Gasteiger partial charge in [0.15, 0.2) is 5.13 Å². The van der Waals surface area contributed by atoms with Crippen LogP contribution in [0.25, 0.3) is 0 Å². The van der Waals surface area contributed by atoms with Gasteiger partial charge in [-0.15, -0.1) is 11.3 Å². The van der Waals surface area contributed by atoms with Crippen LogP contribution < -0.4 is 10.6 Å². The van der Waals surface area contributed by atoms with Crippen LogP contribution in [0.15, 0.2) is 0 Å². The number of fused-ring (bicyclic) bond motifs is 1. The van der Waals surface area contributed by atoms with Crippen LogP contribution >= 0.6 is 11.3 Å². The Kier molecular flexibility index (Phi) is 4.08. The minimum Gasteiger partial charge on any atom is -0.317 e. The normalized spacial score (nSPS) is 20.6. The average molecular weight is 293 g/mol. The molecule has 4 nitrogen and oxygen atoms in total. The summed E-state index contributed by atoms with van der Waals surface area (Å²) in [5.74, 6) is 0.188. The molecule has 3 rings (SSSR count). The highest BCUT2D eigenvalue weighted by atomic mass is 32.1. The SMILES string of the molecule is CCCC1(C(=O)Nc2nc3c(s2)CCC3)CCNCC1. The smallest absolute Gasteiger partial charge is 0.232 e. The Morgan fingerprint density at radius 3 is 2.90 bits per heavy atom. The Labute approximate surface area is 124 Å². The topological polar surface area (TPSA) is 54.0 Å². The predicted octanol–water partition coefficient (Wildman–Crippen LogP) is 2.74. The molecule has 1 amide bonds. The molecular formula is C15H23N3OS. The molecule has 1 saturated heterocycles. The van der Waals surface area contributed by atoms with Crippen molar-refractivity contribution in [1.29, 1.82) is 0 Å². The highest BCUT2D eigenvalue weighted by Gasteiger charge is 2.39. The van der Waals surface area contributed by atoms with Crippen LogP contribution in [0.3, 0.4) is 0 Å². The molecule has 5 heteroatoms. The maximum Gasteiger partial charge on any atom is 0.232 e. The maximum atomic E-state index is 12.7. The van der Waals surface area contributed by atoms with Crippen molar-refractivity contribution >= 4 is 22.4 Å². The molecule has 1 aromatic rings. The number of aryl methyl sites for hydroxylation is 2. The maximum absolute atomic E-state index is 12.7. The van der Waals surface area contributed by atoms with Gasteiger partial charge in [0.25, 0.3) is 0 Å². The third-order valence-electron chi connectivity index (χ3n) is 4.59. The van der Waals surface area contributed by atoms with Crippen molar-refractivity contribution < 1.29 is 4.79 Å². The Bertz CT molecular complexity index is 464. The summed E-state index contributed by atoms with van der Waals surface area (Å²) in [4.78, 5) is 18.7. The number of hydrogen-bond acceptors (Lipinski definition) is 4. The van der Waals surface area contributed by atoms with Gasteiger partial charge < -0.3 is 10.6 Å². The van der Waals surface area contributed by atoms with Crippen molar-refractivity contribution in [3.63, 3.8) is 0 Å². The lowest BCUT2D eigenvalue weighted by atomic mass is 9.74. The first kappa shape index (κ1) is 14.0.